The molecule has 0 aliphatic rings. The average Bonchev–Trinajstić information content (AvgIpc) is 2.21. The van der Waals surface area contributed by atoms with Crippen molar-refractivity contribution in [2.24, 2.45) is 0 Å². The fourth-order valence-electron chi connectivity index (χ4n) is 1.13. The molecule has 0 fully saturated rings. The summed E-state index contributed by atoms with van der Waals surface area (Å²) in [5.74, 6) is 0.758. The lowest BCUT2D eigenvalue weighted by molar-refractivity contribution is 0.864. The number of hydrogen-bond donors (Lipinski definition) is 0. The molecule has 0 atom stereocenters. The van der Waals surface area contributed by atoms with E-state index in [1.165, 1.54) is 5.56 Å². The second-order valence-corrected chi connectivity index (χ2v) is 2.72. The van der Waals surface area contributed by atoms with Crippen LogP contribution >= 0.6 is 0 Å². The summed E-state index contributed by atoms with van der Waals surface area (Å²) < 4.78 is 0. The molecule has 1 aromatic heterocycles. The lowest BCUT2D eigenvalue weighted by atomic mass is 10.1. The Morgan fingerprint density at radius 2 is 1.85 bits per heavy atom. The van der Waals surface area contributed by atoms with Gasteiger partial charge in [0.25, 0.3) is 0 Å². The molecule has 0 radical (unpaired) electrons. The second-order valence-electron chi connectivity index (χ2n) is 2.72. The lowest BCUT2D eigenvalue weighted by Crippen LogP contribution is -1.96. The molecule has 0 saturated heterocycles. The molecule has 1 heterocycles. The largest absolute Gasteiger partial charge is 0.237 e. The first kappa shape index (κ1) is 7.86. The number of rotatable bonds is 2. The van der Waals surface area contributed by atoms with Crippen LogP contribution in [0.25, 0.3) is 0 Å². The van der Waals surface area contributed by atoms with Crippen molar-refractivity contribution in [3.63, 3.8) is 0 Å². The summed E-state index contributed by atoms with van der Waals surface area (Å²) >= 11 is 0. The van der Waals surface area contributed by atoms with E-state index in [2.05, 4.69) is 27.3 Å². The highest BCUT2D eigenvalue weighted by molar-refractivity contribution is 5.18. The quantitative estimate of drug-likeness (QED) is 0.686. The molecule has 2 rings (SSSR count). The summed E-state index contributed by atoms with van der Waals surface area (Å²) in [7, 11) is 0. The maximum absolute atomic E-state index is 4.10. The van der Waals surface area contributed by atoms with Crippen molar-refractivity contribution in [1.29, 1.82) is 0 Å². The smallest absolute Gasteiger partial charge is 0.155 e. The van der Waals surface area contributed by atoms with E-state index < -0.39 is 0 Å². The minimum absolute atomic E-state index is 0.745. The molecule has 0 N–H and O–H groups in total. The van der Waals surface area contributed by atoms with Gasteiger partial charge in [0.2, 0.25) is 0 Å². The summed E-state index contributed by atoms with van der Waals surface area (Å²) in [6, 6.07) is 10.1. The minimum Gasteiger partial charge on any atom is -0.237 e. The van der Waals surface area contributed by atoms with Crippen molar-refractivity contribution in [2.75, 3.05) is 0 Å². The highest BCUT2D eigenvalue weighted by Crippen LogP contribution is 2.02. The highest BCUT2D eigenvalue weighted by atomic mass is 15.1. The van der Waals surface area contributed by atoms with Gasteiger partial charge in [0.15, 0.2) is 5.82 Å². The zero-order valence-electron chi connectivity index (χ0n) is 7.09. The highest BCUT2D eigenvalue weighted by Gasteiger charge is 1.96. The van der Waals surface area contributed by atoms with E-state index in [1.807, 2.05) is 18.2 Å². The average molecular weight is 171 g/mol. The zero-order chi connectivity index (χ0) is 8.93. The van der Waals surface area contributed by atoms with Crippen molar-refractivity contribution < 1.29 is 0 Å². The van der Waals surface area contributed by atoms with Crippen molar-refractivity contribution in [3.8, 4) is 0 Å². The number of hydrogen-bond acceptors (Lipinski definition) is 3. The van der Waals surface area contributed by atoms with E-state index in [0.29, 0.717) is 0 Å². The van der Waals surface area contributed by atoms with Gasteiger partial charge in [0.05, 0.1) is 6.20 Å². The van der Waals surface area contributed by atoms with Gasteiger partial charge in [-0.25, -0.2) is 4.98 Å². The van der Waals surface area contributed by atoms with Crippen LogP contribution in [0.2, 0.25) is 0 Å². The van der Waals surface area contributed by atoms with Crippen LogP contribution in [0.15, 0.2) is 42.7 Å². The fraction of sp³-hybridized carbons (Fsp3) is 0.100. The summed E-state index contributed by atoms with van der Waals surface area (Å²) in [5.41, 5.74) is 1.20. The normalized spacial score (nSPS) is 9.85. The summed E-state index contributed by atoms with van der Waals surface area (Å²) in [6.07, 6.45) is 3.98. The Morgan fingerprint density at radius 3 is 2.54 bits per heavy atom. The molecule has 0 aliphatic carbocycles. The van der Waals surface area contributed by atoms with Gasteiger partial charge in [-0.3, -0.25) is 0 Å². The van der Waals surface area contributed by atoms with Crippen LogP contribution in [-0.4, -0.2) is 15.2 Å². The molecular formula is C10H9N3. The Labute approximate surface area is 76.5 Å². The summed E-state index contributed by atoms with van der Waals surface area (Å²) in [6.45, 7) is 0. The van der Waals surface area contributed by atoms with Gasteiger partial charge >= 0.3 is 0 Å². The van der Waals surface area contributed by atoms with Crippen LogP contribution in [0.1, 0.15) is 11.4 Å². The van der Waals surface area contributed by atoms with Gasteiger partial charge in [-0.05, 0) is 5.56 Å². The molecule has 2 aromatic rings. The first-order valence-corrected chi connectivity index (χ1v) is 4.11. The first-order valence-electron chi connectivity index (χ1n) is 4.11. The van der Waals surface area contributed by atoms with E-state index >= 15 is 0 Å². The van der Waals surface area contributed by atoms with E-state index in [4.69, 9.17) is 0 Å². The SMILES string of the molecule is c1ccc(Cc2nccnn2)cc1. The third kappa shape index (κ3) is 2.08. The van der Waals surface area contributed by atoms with Crippen molar-refractivity contribution in [2.45, 2.75) is 6.42 Å². The zero-order valence-corrected chi connectivity index (χ0v) is 7.09. The van der Waals surface area contributed by atoms with Gasteiger partial charge in [0, 0.05) is 12.6 Å². The van der Waals surface area contributed by atoms with Crippen LogP contribution < -0.4 is 0 Å². The summed E-state index contributed by atoms with van der Waals surface area (Å²) in [5, 5.41) is 7.68. The topological polar surface area (TPSA) is 38.7 Å². The summed E-state index contributed by atoms with van der Waals surface area (Å²) in [4.78, 5) is 4.10. The fourth-order valence-corrected chi connectivity index (χ4v) is 1.13. The van der Waals surface area contributed by atoms with Crippen molar-refractivity contribution in [1.82, 2.24) is 15.2 Å². The molecule has 64 valence electrons. The van der Waals surface area contributed by atoms with Gasteiger partial charge in [-0.15, -0.1) is 5.10 Å². The number of aromatic nitrogens is 3. The molecule has 0 spiro atoms. The molecular weight excluding hydrogens is 162 g/mol. The maximum atomic E-state index is 4.10. The third-order valence-electron chi connectivity index (χ3n) is 1.74. The van der Waals surface area contributed by atoms with Crippen LogP contribution in [0, 0.1) is 0 Å². The monoisotopic (exact) mass is 171 g/mol. The van der Waals surface area contributed by atoms with Gasteiger partial charge < -0.3 is 0 Å². The molecule has 3 heteroatoms. The van der Waals surface area contributed by atoms with Gasteiger partial charge in [-0.2, -0.15) is 5.10 Å². The Bertz CT molecular complexity index is 321. The van der Waals surface area contributed by atoms with E-state index in [9.17, 15) is 0 Å². The molecule has 0 amide bonds. The molecule has 13 heavy (non-hydrogen) atoms. The van der Waals surface area contributed by atoms with E-state index in [0.717, 1.165) is 12.2 Å². The lowest BCUT2D eigenvalue weighted by Gasteiger charge is -1.97. The van der Waals surface area contributed by atoms with Crippen molar-refractivity contribution >= 4 is 0 Å². The molecule has 0 bridgehead atoms. The molecule has 0 saturated carbocycles. The van der Waals surface area contributed by atoms with Gasteiger partial charge in [-0.1, -0.05) is 30.3 Å². The predicted molar refractivity (Wildman–Crippen MR) is 49.1 cm³/mol. The first-order chi connectivity index (χ1) is 6.45. The predicted octanol–water partition coefficient (Wildman–Crippen LogP) is 1.46. The third-order valence-corrected chi connectivity index (χ3v) is 1.74. The van der Waals surface area contributed by atoms with Crippen LogP contribution in [0.3, 0.4) is 0 Å². The maximum Gasteiger partial charge on any atom is 0.155 e. The molecule has 1 aromatic carbocycles. The Balaban J connectivity index is 2.16. The molecule has 0 aliphatic heterocycles. The van der Waals surface area contributed by atoms with Gasteiger partial charge in [0.1, 0.15) is 0 Å². The van der Waals surface area contributed by atoms with E-state index in [-0.39, 0.29) is 0 Å². The number of benzene rings is 1. The Morgan fingerprint density at radius 1 is 1.00 bits per heavy atom. The molecule has 3 nitrogen and oxygen atoms in total. The van der Waals surface area contributed by atoms with Crippen LogP contribution in [0.4, 0.5) is 0 Å². The standard InChI is InChI=1S/C10H9N3/c1-2-4-9(5-3-1)8-10-11-6-7-12-13-10/h1-7H,8H2. The van der Waals surface area contributed by atoms with E-state index in [1.54, 1.807) is 12.4 Å². The van der Waals surface area contributed by atoms with Crippen molar-refractivity contribution in [3.05, 3.63) is 54.1 Å². The Kier molecular flexibility index (Phi) is 2.27. The minimum atomic E-state index is 0.745. The molecule has 0 unspecified atom stereocenters. The van der Waals surface area contributed by atoms with Crippen LogP contribution in [0.5, 0.6) is 0 Å². The second kappa shape index (κ2) is 3.76. The Hall–Kier alpha value is -1.77. The van der Waals surface area contributed by atoms with Crippen LogP contribution in [-0.2, 0) is 6.42 Å². The number of nitrogens with zero attached hydrogens (tertiary/aromatic N) is 3.